The second-order valence-corrected chi connectivity index (χ2v) is 6.14. The summed E-state index contributed by atoms with van der Waals surface area (Å²) in [4.78, 5) is 13.8. The fraction of sp³-hybridized carbons (Fsp3) is 0.263. The molecule has 0 aliphatic carbocycles. The second kappa shape index (κ2) is 8.45. The molecule has 4 nitrogen and oxygen atoms in total. The monoisotopic (exact) mass is 341 g/mol. The molecular weight excluding hydrogens is 318 g/mol. The van der Waals surface area contributed by atoms with E-state index in [4.69, 9.17) is 12.2 Å². The number of aryl methyl sites for hydroxylation is 2. The smallest absolute Gasteiger partial charge is 0.243 e. The third kappa shape index (κ3) is 5.35. The molecule has 0 saturated carbocycles. The second-order valence-electron chi connectivity index (χ2n) is 5.75. The number of carbonyl (C=O) groups is 1. The van der Waals surface area contributed by atoms with E-state index in [0.29, 0.717) is 5.11 Å². The molecule has 0 aliphatic heterocycles. The number of amides is 1. The van der Waals surface area contributed by atoms with Gasteiger partial charge in [0.25, 0.3) is 0 Å². The van der Waals surface area contributed by atoms with Crippen LogP contribution in [0.25, 0.3) is 0 Å². The molecule has 0 saturated heterocycles. The Hall–Kier alpha value is -2.40. The molecule has 0 aromatic heterocycles. The van der Waals surface area contributed by atoms with Gasteiger partial charge in [-0.3, -0.25) is 4.79 Å². The Balaban J connectivity index is 1.85. The normalized spacial score (nSPS) is 10.1. The van der Waals surface area contributed by atoms with Crippen LogP contribution in [0.4, 0.5) is 11.4 Å². The van der Waals surface area contributed by atoms with Gasteiger partial charge in [-0.1, -0.05) is 36.8 Å². The fourth-order valence-electron chi connectivity index (χ4n) is 2.17. The van der Waals surface area contributed by atoms with Crippen molar-refractivity contribution in [3.05, 3.63) is 59.7 Å². The quantitative estimate of drug-likeness (QED) is 0.812. The third-order valence-corrected chi connectivity index (χ3v) is 4.09. The van der Waals surface area contributed by atoms with E-state index in [1.807, 2.05) is 43.3 Å². The van der Waals surface area contributed by atoms with Gasteiger partial charge in [-0.2, -0.15) is 0 Å². The standard InChI is InChI=1S/C19H23N3OS/c1-4-15-7-11-17(12-8-15)21-19(24)22(3)13-18(23)20-16-9-5-14(2)6-10-16/h5-12H,4,13H2,1-3H3,(H,20,23)(H,21,24). The Morgan fingerprint density at radius 3 is 2.12 bits per heavy atom. The van der Waals surface area contributed by atoms with Crippen LogP contribution in [0.3, 0.4) is 0 Å². The first kappa shape index (κ1) is 17.9. The van der Waals surface area contributed by atoms with E-state index in [1.54, 1.807) is 11.9 Å². The number of hydrogen-bond donors (Lipinski definition) is 2. The number of likely N-dealkylation sites (N-methyl/N-ethyl adjacent to an activating group) is 1. The Kier molecular flexibility index (Phi) is 6.32. The van der Waals surface area contributed by atoms with Gasteiger partial charge in [0.1, 0.15) is 0 Å². The van der Waals surface area contributed by atoms with E-state index in [-0.39, 0.29) is 12.5 Å². The third-order valence-electron chi connectivity index (χ3n) is 3.68. The summed E-state index contributed by atoms with van der Waals surface area (Å²) in [5.74, 6) is -0.105. The first-order valence-electron chi connectivity index (χ1n) is 7.95. The first-order chi connectivity index (χ1) is 11.5. The molecule has 1 amide bonds. The number of rotatable bonds is 5. The Morgan fingerprint density at radius 2 is 1.54 bits per heavy atom. The number of carbonyl (C=O) groups excluding carboxylic acids is 1. The highest BCUT2D eigenvalue weighted by Crippen LogP contribution is 2.11. The maximum Gasteiger partial charge on any atom is 0.243 e. The SMILES string of the molecule is CCc1ccc(NC(=S)N(C)CC(=O)Nc2ccc(C)cc2)cc1. The number of benzene rings is 2. The molecular formula is C19H23N3OS. The van der Waals surface area contributed by atoms with E-state index in [9.17, 15) is 4.79 Å². The van der Waals surface area contributed by atoms with E-state index in [1.165, 1.54) is 5.56 Å². The van der Waals surface area contributed by atoms with Crippen molar-refractivity contribution in [2.24, 2.45) is 0 Å². The first-order valence-corrected chi connectivity index (χ1v) is 8.36. The van der Waals surface area contributed by atoms with Gasteiger partial charge in [-0.15, -0.1) is 0 Å². The van der Waals surface area contributed by atoms with Gasteiger partial charge in [-0.25, -0.2) is 0 Å². The van der Waals surface area contributed by atoms with E-state index >= 15 is 0 Å². The minimum atomic E-state index is -0.105. The average Bonchev–Trinajstić information content (AvgIpc) is 2.57. The molecule has 0 bridgehead atoms. The predicted octanol–water partition coefficient (Wildman–Crippen LogP) is 3.82. The lowest BCUT2D eigenvalue weighted by molar-refractivity contribution is -0.116. The van der Waals surface area contributed by atoms with Crippen LogP contribution in [0.2, 0.25) is 0 Å². The summed E-state index contributed by atoms with van der Waals surface area (Å²) >= 11 is 5.35. The molecule has 0 unspecified atom stereocenters. The summed E-state index contributed by atoms with van der Waals surface area (Å²) in [6.45, 7) is 4.32. The van der Waals surface area contributed by atoms with Crippen LogP contribution in [-0.4, -0.2) is 29.5 Å². The summed E-state index contributed by atoms with van der Waals surface area (Å²) in [5, 5.41) is 6.53. The van der Waals surface area contributed by atoms with Crippen molar-refractivity contribution < 1.29 is 4.79 Å². The molecule has 0 heterocycles. The molecule has 5 heteroatoms. The Bertz CT molecular complexity index is 696. The highest BCUT2D eigenvalue weighted by Gasteiger charge is 2.10. The maximum atomic E-state index is 12.1. The number of anilines is 2. The molecule has 2 N–H and O–H groups in total. The molecule has 24 heavy (non-hydrogen) atoms. The summed E-state index contributed by atoms with van der Waals surface area (Å²) in [6, 6.07) is 15.8. The number of nitrogens with zero attached hydrogens (tertiary/aromatic N) is 1. The minimum Gasteiger partial charge on any atom is -0.343 e. The van der Waals surface area contributed by atoms with E-state index in [0.717, 1.165) is 23.4 Å². The number of thiocarbonyl (C=S) groups is 1. The van der Waals surface area contributed by atoms with Gasteiger partial charge in [0.2, 0.25) is 5.91 Å². The highest BCUT2D eigenvalue weighted by atomic mass is 32.1. The van der Waals surface area contributed by atoms with Crippen molar-refractivity contribution in [3.8, 4) is 0 Å². The van der Waals surface area contributed by atoms with Crippen LogP contribution in [-0.2, 0) is 11.2 Å². The fourth-order valence-corrected chi connectivity index (χ4v) is 2.35. The van der Waals surface area contributed by atoms with E-state index < -0.39 is 0 Å². The van der Waals surface area contributed by atoms with Crippen LogP contribution < -0.4 is 10.6 Å². The molecule has 0 aliphatic rings. The van der Waals surface area contributed by atoms with Gasteiger partial charge >= 0.3 is 0 Å². The van der Waals surface area contributed by atoms with Crippen LogP contribution in [0, 0.1) is 6.92 Å². The zero-order chi connectivity index (χ0) is 17.5. The number of nitrogens with one attached hydrogen (secondary N) is 2. The van der Waals surface area contributed by atoms with Crippen molar-refractivity contribution >= 4 is 34.6 Å². The zero-order valence-corrected chi connectivity index (χ0v) is 15.1. The molecule has 2 rings (SSSR count). The van der Waals surface area contributed by atoms with Crippen LogP contribution in [0.1, 0.15) is 18.1 Å². The molecule has 126 valence electrons. The van der Waals surface area contributed by atoms with Crippen molar-refractivity contribution in [2.75, 3.05) is 24.2 Å². The zero-order valence-electron chi connectivity index (χ0n) is 14.3. The van der Waals surface area contributed by atoms with Crippen molar-refractivity contribution in [3.63, 3.8) is 0 Å². The van der Waals surface area contributed by atoms with E-state index in [2.05, 4.69) is 29.7 Å². The molecule has 0 spiro atoms. The lowest BCUT2D eigenvalue weighted by Crippen LogP contribution is -2.37. The predicted molar refractivity (Wildman–Crippen MR) is 104 cm³/mol. The van der Waals surface area contributed by atoms with Gasteiger partial charge in [0.15, 0.2) is 5.11 Å². The van der Waals surface area contributed by atoms with Gasteiger partial charge in [-0.05, 0) is 55.4 Å². The summed E-state index contributed by atoms with van der Waals surface area (Å²) in [6.07, 6.45) is 1.00. The lowest BCUT2D eigenvalue weighted by Gasteiger charge is -2.20. The van der Waals surface area contributed by atoms with Crippen molar-refractivity contribution in [2.45, 2.75) is 20.3 Å². The molecule has 2 aromatic carbocycles. The molecule has 0 radical (unpaired) electrons. The molecule has 2 aromatic rings. The Morgan fingerprint density at radius 1 is 1.00 bits per heavy atom. The lowest BCUT2D eigenvalue weighted by atomic mass is 10.1. The average molecular weight is 341 g/mol. The minimum absolute atomic E-state index is 0.105. The summed E-state index contributed by atoms with van der Waals surface area (Å²) in [7, 11) is 1.80. The largest absolute Gasteiger partial charge is 0.343 e. The van der Waals surface area contributed by atoms with Gasteiger partial charge in [0.05, 0.1) is 6.54 Å². The Labute approximate surface area is 148 Å². The molecule has 0 fully saturated rings. The van der Waals surface area contributed by atoms with Crippen LogP contribution in [0.15, 0.2) is 48.5 Å². The van der Waals surface area contributed by atoms with Gasteiger partial charge < -0.3 is 15.5 Å². The summed E-state index contributed by atoms with van der Waals surface area (Å²) < 4.78 is 0. The van der Waals surface area contributed by atoms with Crippen molar-refractivity contribution in [1.29, 1.82) is 0 Å². The summed E-state index contributed by atoms with van der Waals surface area (Å²) in [5.41, 5.74) is 4.14. The van der Waals surface area contributed by atoms with Crippen LogP contribution >= 0.6 is 12.2 Å². The topological polar surface area (TPSA) is 44.4 Å². The highest BCUT2D eigenvalue weighted by molar-refractivity contribution is 7.80. The van der Waals surface area contributed by atoms with Gasteiger partial charge in [0, 0.05) is 18.4 Å². The maximum absolute atomic E-state index is 12.1. The number of hydrogen-bond acceptors (Lipinski definition) is 2. The van der Waals surface area contributed by atoms with Crippen LogP contribution in [0.5, 0.6) is 0 Å². The molecule has 0 atom stereocenters. The van der Waals surface area contributed by atoms with Crippen molar-refractivity contribution in [1.82, 2.24) is 4.90 Å².